The van der Waals surface area contributed by atoms with E-state index in [4.69, 9.17) is 25.7 Å². The highest BCUT2D eigenvalue weighted by atomic mass is 16.6. The number of ether oxygens (including phenoxy) is 3. The summed E-state index contributed by atoms with van der Waals surface area (Å²) < 4.78 is 18.2. The number of imidazole rings is 1. The summed E-state index contributed by atoms with van der Waals surface area (Å²) in [6.07, 6.45) is -1.43. The third-order valence-electron chi connectivity index (χ3n) is 5.06. The molecule has 0 aliphatic carbocycles. The van der Waals surface area contributed by atoms with Crippen molar-refractivity contribution in [2.45, 2.75) is 37.4 Å². The first-order chi connectivity index (χ1) is 15.0. The summed E-state index contributed by atoms with van der Waals surface area (Å²) in [7, 11) is 0. The van der Waals surface area contributed by atoms with Gasteiger partial charge in [0.25, 0.3) is 5.91 Å². The Morgan fingerprint density at radius 3 is 2.71 bits per heavy atom. The maximum absolute atomic E-state index is 12.9. The number of anilines is 1. The van der Waals surface area contributed by atoms with Gasteiger partial charge in [0.05, 0.1) is 32.8 Å². The molecule has 0 spiro atoms. The van der Waals surface area contributed by atoms with Crippen LogP contribution in [0, 0.1) is 0 Å². The molecule has 13 nitrogen and oxygen atoms in total. The lowest BCUT2D eigenvalue weighted by atomic mass is 9.90. The summed E-state index contributed by atoms with van der Waals surface area (Å²) in [6.45, 7) is 3.64. The van der Waals surface area contributed by atoms with E-state index in [0.717, 1.165) is 0 Å². The summed E-state index contributed by atoms with van der Waals surface area (Å²) in [5.74, 6) is -0.386. The van der Waals surface area contributed by atoms with Gasteiger partial charge in [0.1, 0.15) is 24.1 Å². The van der Waals surface area contributed by atoms with E-state index in [9.17, 15) is 15.0 Å². The Morgan fingerprint density at radius 2 is 2.00 bits per heavy atom. The molecule has 4 atom stereocenters. The molecule has 31 heavy (non-hydrogen) atoms. The average Bonchev–Trinajstić information content (AvgIpc) is 3.29. The molecule has 1 aliphatic rings. The van der Waals surface area contributed by atoms with Crippen LogP contribution in [0.15, 0.2) is 12.7 Å². The number of fused-ring (bicyclic) bond motifs is 1. The van der Waals surface area contributed by atoms with Crippen LogP contribution in [0.2, 0.25) is 0 Å². The molecule has 172 valence electrons. The first-order valence-corrected chi connectivity index (χ1v) is 10.1. The number of aliphatic hydroxyl groups is 2. The topological polar surface area (TPSA) is 193 Å². The minimum Gasteiger partial charge on any atom is -0.387 e. The van der Waals surface area contributed by atoms with Gasteiger partial charge in [-0.25, -0.2) is 15.0 Å². The Morgan fingerprint density at radius 1 is 1.26 bits per heavy atom. The van der Waals surface area contributed by atoms with E-state index in [-0.39, 0.29) is 25.5 Å². The largest absolute Gasteiger partial charge is 0.387 e. The van der Waals surface area contributed by atoms with Gasteiger partial charge in [-0.15, -0.1) is 0 Å². The van der Waals surface area contributed by atoms with Crippen LogP contribution < -0.4 is 16.8 Å². The third-order valence-corrected chi connectivity index (χ3v) is 5.06. The van der Waals surface area contributed by atoms with E-state index in [1.54, 1.807) is 6.92 Å². The Kier molecular flexibility index (Phi) is 7.69. The lowest BCUT2D eigenvalue weighted by molar-refractivity contribution is -0.162. The van der Waals surface area contributed by atoms with Crippen molar-refractivity contribution in [1.82, 2.24) is 24.8 Å². The molecule has 1 amide bonds. The smallest absolute Gasteiger partial charge is 0.255 e. The number of rotatable bonds is 11. The van der Waals surface area contributed by atoms with Crippen molar-refractivity contribution >= 4 is 22.9 Å². The monoisotopic (exact) mass is 439 g/mol. The van der Waals surface area contributed by atoms with Crippen molar-refractivity contribution in [3.8, 4) is 0 Å². The number of hydrogen-bond donors (Lipinski definition) is 5. The fourth-order valence-corrected chi connectivity index (χ4v) is 3.51. The molecule has 2 aromatic heterocycles. The number of nitrogens with one attached hydrogen (secondary N) is 1. The molecule has 0 radical (unpaired) electrons. The number of hydrogen-bond acceptors (Lipinski definition) is 11. The second-order valence-corrected chi connectivity index (χ2v) is 7.04. The van der Waals surface area contributed by atoms with Crippen LogP contribution in [0.5, 0.6) is 0 Å². The second kappa shape index (κ2) is 10.3. The molecule has 3 rings (SSSR count). The Labute approximate surface area is 178 Å². The van der Waals surface area contributed by atoms with Gasteiger partial charge in [-0.2, -0.15) is 0 Å². The molecule has 3 heterocycles. The molecule has 1 aliphatic heterocycles. The maximum Gasteiger partial charge on any atom is 0.255 e. The predicted octanol–water partition coefficient (Wildman–Crippen LogP) is -2.08. The number of amides is 1. The highest BCUT2D eigenvalue weighted by Gasteiger charge is 2.59. The first-order valence-electron chi connectivity index (χ1n) is 10.1. The van der Waals surface area contributed by atoms with E-state index in [1.807, 2.05) is 0 Å². The van der Waals surface area contributed by atoms with Crippen LogP contribution in [0.3, 0.4) is 0 Å². The van der Waals surface area contributed by atoms with E-state index in [1.165, 1.54) is 17.2 Å². The average molecular weight is 439 g/mol. The van der Waals surface area contributed by atoms with Crippen LogP contribution in [0.4, 0.5) is 5.82 Å². The molecule has 13 heteroatoms. The van der Waals surface area contributed by atoms with Gasteiger partial charge in [-0.1, -0.05) is 0 Å². The quantitative estimate of drug-likeness (QED) is 0.241. The summed E-state index contributed by atoms with van der Waals surface area (Å²) in [5.41, 5.74) is 10.1. The van der Waals surface area contributed by atoms with Gasteiger partial charge in [-0.05, 0) is 6.92 Å². The molecule has 2 aromatic rings. The number of carbonyl (C=O) groups excluding carboxylic acids is 1. The van der Waals surface area contributed by atoms with Crippen molar-refractivity contribution in [2.24, 2.45) is 5.73 Å². The Balaban J connectivity index is 1.79. The minimum atomic E-state index is -1.73. The number of likely N-dealkylation sites (N-methyl/N-ethyl adjacent to an activating group) is 1. The predicted molar refractivity (Wildman–Crippen MR) is 109 cm³/mol. The summed E-state index contributed by atoms with van der Waals surface area (Å²) in [6, 6.07) is 0. The molecular weight excluding hydrogens is 410 g/mol. The summed E-state index contributed by atoms with van der Waals surface area (Å²) in [5, 5.41) is 24.3. The minimum absolute atomic E-state index is 0.00814. The van der Waals surface area contributed by atoms with E-state index in [2.05, 4.69) is 20.3 Å². The molecule has 1 saturated heterocycles. The fraction of sp³-hybridized carbons (Fsp3) is 0.667. The first kappa shape index (κ1) is 23.2. The molecule has 0 aromatic carbocycles. The van der Waals surface area contributed by atoms with Crippen molar-refractivity contribution < 1.29 is 29.2 Å². The van der Waals surface area contributed by atoms with Gasteiger partial charge >= 0.3 is 0 Å². The number of carbonyl (C=O) groups is 1. The highest BCUT2D eigenvalue weighted by molar-refractivity contribution is 5.86. The number of aliphatic hydroxyl groups excluding tert-OH is 2. The standard InChI is InChI=1S/C18H29N7O6/c1-2-21-17(28)18(3-5-29-7-8-30-6-4-19)13(27)12(26)16(31-18)25-10-24-11-14(20)22-9-23-15(11)25/h9-10,12-13,16,26-27H,2-8,19H2,1H3,(H,21,28)(H2,20,22,23)/t12-,13+,16-,18+/m1/s1. The molecule has 0 unspecified atom stereocenters. The van der Waals surface area contributed by atoms with Crippen LogP contribution >= 0.6 is 0 Å². The van der Waals surface area contributed by atoms with Crippen LogP contribution in [-0.2, 0) is 19.0 Å². The van der Waals surface area contributed by atoms with Gasteiger partial charge < -0.3 is 41.2 Å². The lowest BCUT2D eigenvalue weighted by Gasteiger charge is -2.30. The maximum atomic E-state index is 12.9. The molecule has 0 saturated carbocycles. The molecule has 0 bridgehead atoms. The zero-order chi connectivity index (χ0) is 22.4. The van der Waals surface area contributed by atoms with Gasteiger partial charge in [-0.3, -0.25) is 9.36 Å². The Hall–Kier alpha value is -2.42. The number of nitrogens with zero attached hydrogens (tertiary/aromatic N) is 4. The molecule has 7 N–H and O–H groups in total. The van der Waals surface area contributed by atoms with Crippen LogP contribution in [0.1, 0.15) is 19.6 Å². The highest BCUT2D eigenvalue weighted by Crippen LogP contribution is 2.41. The third kappa shape index (κ3) is 4.61. The van der Waals surface area contributed by atoms with Crippen molar-refractivity contribution in [2.75, 3.05) is 45.3 Å². The summed E-state index contributed by atoms with van der Waals surface area (Å²) in [4.78, 5) is 25.1. The fourth-order valence-electron chi connectivity index (χ4n) is 3.51. The molecular formula is C18H29N7O6. The Bertz CT molecular complexity index is 880. The van der Waals surface area contributed by atoms with Gasteiger partial charge in [0.2, 0.25) is 0 Å². The summed E-state index contributed by atoms with van der Waals surface area (Å²) >= 11 is 0. The molecule has 1 fully saturated rings. The number of aromatic nitrogens is 4. The number of nitrogen functional groups attached to an aromatic ring is 1. The van der Waals surface area contributed by atoms with Crippen molar-refractivity contribution in [3.63, 3.8) is 0 Å². The van der Waals surface area contributed by atoms with E-state index < -0.39 is 29.9 Å². The van der Waals surface area contributed by atoms with Crippen molar-refractivity contribution in [3.05, 3.63) is 12.7 Å². The number of nitrogens with two attached hydrogens (primary N) is 2. The van der Waals surface area contributed by atoms with Crippen LogP contribution in [-0.4, -0.2) is 93.0 Å². The van der Waals surface area contributed by atoms with E-state index in [0.29, 0.717) is 37.5 Å². The van der Waals surface area contributed by atoms with E-state index >= 15 is 0 Å². The second-order valence-electron chi connectivity index (χ2n) is 7.04. The lowest BCUT2D eigenvalue weighted by Crippen LogP contribution is -2.55. The van der Waals surface area contributed by atoms with Crippen molar-refractivity contribution in [1.29, 1.82) is 0 Å². The SMILES string of the molecule is CCNC(=O)[C@@]1(CCOCCOCCN)O[C@@H](n2cnc3c(N)ncnc32)[C@H](O)[C@@H]1O. The normalized spacial score (nSPS) is 25.9. The van der Waals surface area contributed by atoms with Crippen LogP contribution in [0.25, 0.3) is 11.2 Å². The van der Waals surface area contributed by atoms with Gasteiger partial charge in [0.15, 0.2) is 23.3 Å². The zero-order valence-electron chi connectivity index (χ0n) is 17.3. The van der Waals surface area contributed by atoms with Gasteiger partial charge in [0, 0.05) is 19.5 Å². The zero-order valence-corrected chi connectivity index (χ0v) is 17.3.